The lowest BCUT2D eigenvalue weighted by atomic mass is 9.98. The number of nitrogens with one attached hydrogen (secondary N) is 1. The molecule has 11 nitrogen and oxygen atoms in total. The SMILES string of the molecule is COc1cc(C(=O)N[C@@H]2O[C@H](C(=O)O)[C@@H](O)[C@H](O)[C@H]2O)cc(OC)c1OC. The summed E-state index contributed by atoms with van der Waals surface area (Å²) in [6.07, 6.45) is -8.83. The zero-order valence-corrected chi connectivity index (χ0v) is 14.8. The van der Waals surface area contributed by atoms with Crippen molar-refractivity contribution in [2.45, 2.75) is 30.6 Å². The van der Waals surface area contributed by atoms with Gasteiger partial charge in [-0.3, -0.25) is 4.79 Å². The third kappa shape index (κ3) is 4.06. The Labute approximate surface area is 154 Å². The van der Waals surface area contributed by atoms with Crippen LogP contribution in [0.3, 0.4) is 0 Å². The lowest BCUT2D eigenvalue weighted by molar-refractivity contribution is -0.231. The summed E-state index contributed by atoms with van der Waals surface area (Å²) in [6.45, 7) is 0. The molecular weight excluding hydrogens is 366 g/mol. The average Bonchev–Trinajstić information content (AvgIpc) is 2.66. The number of benzene rings is 1. The topological polar surface area (TPSA) is 164 Å². The summed E-state index contributed by atoms with van der Waals surface area (Å²) in [7, 11) is 4.12. The fourth-order valence-electron chi connectivity index (χ4n) is 2.63. The standard InChI is InChI=1S/C16H21NO10/c1-24-7-4-6(5-8(25-2)12(7)26-3)14(21)17-15-11(20)9(18)10(19)13(27-15)16(22)23/h4-5,9-11,13,15,18-20H,1-3H3,(H,17,21)(H,22,23)/t9-,10-,11+,13-,15+/m0/s1. The maximum atomic E-state index is 12.5. The molecule has 0 aliphatic carbocycles. The van der Waals surface area contributed by atoms with Gasteiger partial charge in [-0.05, 0) is 12.1 Å². The van der Waals surface area contributed by atoms with Gasteiger partial charge in [-0.25, -0.2) is 4.79 Å². The molecule has 1 aliphatic heterocycles. The zero-order chi connectivity index (χ0) is 20.3. The largest absolute Gasteiger partial charge is 0.493 e. The van der Waals surface area contributed by atoms with E-state index in [2.05, 4.69) is 5.32 Å². The molecule has 11 heteroatoms. The minimum Gasteiger partial charge on any atom is -0.493 e. The highest BCUT2D eigenvalue weighted by Gasteiger charge is 2.47. The molecule has 1 aromatic rings. The number of methoxy groups -OCH3 is 3. The van der Waals surface area contributed by atoms with Crippen LogP contribution in [0, 0.1) is 0 Å². The second-order valence-electron chi connectivity index (χ2n) is 5.67. The molecule has 1 saturated heterocycles. The normalized spacial score (nSPS) is 27.6. The molecule has 27 heavy (non-hydrogen) atoms. The smallest absolute Gasteiger partial charge is 0.335 e. The van der Waals surface area contributed by atoms with Gasteiger partial charge >= 0.3 is 5.97 Å². The molecule has 1 heterocycles. The highest BCUT2D eigenvalue weighted by molar-refractivity contribution is 5.95. The van der Waals surface area contributed by atoms with Gasteiger partial charge in [-0.15, -0.1) is 0 Å². The molecule has 0 saturated carbocycles. The summed E-state index contributed by atoms with van der Waals surface area (Å²) in [5.41, 5.74) is 0.0350. The average molecular weight is 387 g/mol. The molecular formula is C16H21NO10. The third-order valence-corrected chi connectivity index (χ3v) is 4.06. The van der Waals surface area contributed by atoms with Crippen LogP contribution in [-0.4, -0.2) is 84.3 Å². The number of aliphatic carboxylic acids is 1. The first kappa shape index (κ1) is 20.7. The number of hydrogen-bond donors (Lipinski definition) is 5. The van der Waals surface area contributed by atoms with Crippen LogP contribution < -0.4 is 19.5 Å². The van der Waals surface area contributed by atoms with Crippen LogP contribution in [0.4, 0.5) is 0 Å². The van der Waals surface area contributed by atoms with Crippen molar-refractivity contribution in [1.82, 2.24) is 5.32 Å². The maximum absolute atomic E-state index is 12.5. The van der Waals surface area contributed by atoms with Gasteiger partial charge in [0.05, 0.1) is 21.3 Å². The number of aliphatic hydroxyl groups excluding tert-OH is 3. The number of carboxylic acid groups (broad SMARTS) is 1. The van der Waals surface area contributed by atoms with Gasteiger partial charge in [0.25, 0.3) is 5.91 Å². The molecule has 0 bridgehead atoms. The lowest BCUT2D eigenvalue weighted by Gasteiger charge is -2.38. The molecule has 5 N–H and O–H groups in total. The molecule has 5 atom stereocenters. The van der Waals surface area contributed by atoms with E-state index in [0.29, 0.717) is 0 Å². The van der Waals surface area contributed by atoms with E-state index in [0.717, 1.165) is 0 Å². The molecule has 1 amide bonds. The van der Waals surface area contributed by atoms with Gasteiger partial charge in [0.1, 0.15) is 18.3 Å². The number of ether oxygens (including phenoxy) is 4. The third-order valence-electron chi connectivity index (χ3n) is 4.06. The fraction of sp³-hybridized carbons (Fsp3) is 0.500. The number of carboxylic acids is 1. The monoisotopic (exact) mass is 387 g/mol. The van der Waals surface area contributed by atoms with Gasteiger partial charge < -0.3 is 44.7 Å². The quantitative estimate of drug-likeness (QED) is 0.381. The number of aliphatic hydroxyl groups is 3. The van der Waals surface area contributed by atoms with Crippen LogP contribution >= 0.6 is 0 Å². The molecule has 0 radical (unpaired) electrons. The molecule has 1 aliphatic rings. The fourth-order valence-corrected chi connectivity index (χ4v) is 2.63. The van der Waals surface area contributed by atoms with Crippen LogP contribution in [0.15, 0.2) is 12.1 Å². The van der Waals surface area contributed by atoms with Crippen molar-refractivity contribution in [3.05, 3.63) is 17.7 Å². The van der Waals surface area contributed by atoms with Crippen molar-refractivity contribution >= 4 is 11.9 Å². The molecule has 2 rings (SSSR count). The molecule has 0 unspecified atom stereocenters. The van der Waals surface area contributed by atoms with Crippen molar-refractivity contribution in [3.63, 3.8) is 0 Å². The Morgan fingerprint density at radius 1 is 0.963 bits per heavy atom. The Morgan fingerprint density at radius 3 is 1.96 bits per heavy atom. The predicted octanol–water partition coefficient (Wildman–Crippen LogP) is -1.67. The van der Waals surface area contributed by atoms with Gasteiger partial charge in [0, 0.05) is 5.56 Å². The number of carbonyl (C=O) groups is 2. The van der Waals surface area contributed by atoms with Crippen molar-refractivity contribution < 1.29 is 49.0 Å². The van der Waals surface area contributed by atoms with Gasteiger partial charge in [0.2, 0.25) is 5.75 Å². The van der Waals surface area contributed by atoms with E-state index < -0.39 is 42.5 Å². The Balaban J connectivity index is 2.27. The summed E-state index contributed by atoms with van der Waals surface area (Å²) >= 11 is 0. The minimum absolute atomic E-state index is 0.0350. The van der Waals surface area contributed by atoms with E-state index in [1.54, 1.807) is 0 Å². The summed E-state index contributed by atoms with van der Waals surface area (Å²) in [5.74, 6) is -1.67. The van der Waals surface area contributed by atoms with Crippen LogP contribution in [-0.2, 0) is 9.53 Å². The van der Waals surface area contributed by atoms with E-state index in [1.807, 2.05) is 0 Å². The molecule has 0 spiro atoms. The van der Waals surface area contributed by atoms with E-state index in [4.69, 9.17) is 24.1 Å². The number of rotatable bonds is 6. The van der Waals surface area contributed by atoms with Crippen molar-refractivity contribution in [2.24, 2.45) is 0 Å². The van der Waals surface area contributed by atoms with Crippen LogP contribution in [0.1, 0.15) is 10.4 Å². The molecule has 0 aromatic heterocycles. The second kappa shape index (κ2) is 8.39. The zero-order valence-electron chi connectivity index (χ0n) is 14.8. The van der Waals surface area contributed by atoms with E-state index in [9.17, 15) is 24.9 Å². The summed E-state index contributed by atoms with van der Waals surface area (Å²) in [5, 5.41) is 40.7. The van der Waals surface area contributed by atoms with Gasteiger partial charge in [0.15, 0.2) is 23.8 Å². The Morgan fingerprint density at radius 2 is 1.52 bits per heavy atom. The number of amides is 1. The highest BCUT2D eigenvalue weighted by atomic mass is 16.6. The first-order valence-corrected chi connectivity index (χ1v) is 7.78. The minimum atomic E-state index is -1.85. The molecule has 150 valence electrons. The Hall–Kier alpha value is -2.60. The molecule has 1 aromatic carbocycles. The Bertz CT molecular complexity index is 683. The van der Waals surface area contributed by atoms with Crippen LogP contribution in [0.25, 0.3) is 0 Å². The summed E-state index contributed by atoms with van der Waals surface area (Å²) in [4.78, 5) is 23.6. The van der Waals surface area contributed by atoms with Crippen molar-refractivity contribution in [1.29, 1.82) is 0 Å². The van der Waals surface area contributed by atoms with E-state index >= 15 is 0 Å². The Kier molecular flexibility index (Phi) is 6.44. The highest BCUT2D eigenvalue weighted by Crippen LogP contribution is 2.38. The van der Waals surface area contributed by atoms with Crippen LogP contribution in [0.2, 0.25) is 0 Å². The van der Waals surface area contributed by atoms with Crippen molar-refractivity contribution in [2.75, 3.05) is 21.3 Å². The van der Waals surface area contributed by atoms with Crippen LogP contribution in [0.5, 0.6) is 17.2 Å². The van der Waals surface area contributed by atoms with Crippen molar-refractivity contribution in [3.8, 4) is 17.2 Å². The van der Waals surface area contributed by atoms with Gasteiger partial charge in [-0.2, -0.15) is 0 Å². The van der Waals surface area contributed by atoms with E-state index in [1.165, 1.54) is 33.5 Å². The maximum Gasteiger partial charge on any atom is 0.335 e. The van der Waals surface area contributed by atoms with E-state index in [-0.39, 0.29) is 22.8 Å². The first-order chi connectivity index (χ1) is 12.7. The summed E-state index contributed by atoms with van der Waals surface area (Å²) in [6, 6.07) is 2.68. The molecule has 1 fully saturated rings. The van der Waals surface area contributed by atoms with Gasteiger partial charge in [-0.1, -0.05) is 0 Å². The number of carbonyl (C=O) groups excluding carboxylic acids is 1. The number of hydrogen-bond acceptors (Lipinski definition) is 9. The lowest BCUT2D eigenvalue weighted by Crippen LogP contribution is -2.64. The first-order valence-electron chi connectivity index (χ1n) is 7.78. The predicted molar refractivity (Wildman–Crippen MR) is 87.9 cm³/mol. The second-order valence-corrected chi connectivity index (χ2v) is 5.67. The summed E-state index contributed by atoms with van der Waals surface area (Å²) < 4.78 is 20.5.